The van der Waals surface area contributed by atoms with Crippen molar-refractivity contribution < 1.29 is 9.90 Å². The first-order valence-corrected chi connectivity index (χ1v) is 6.72. The van der Waals surface area contributed by atoms with Gasteiger partial charge in [0.2, 0.25) is 0 Å². The normalized spacial score (nSPS) is 12.8. The Morgan fingerprint density at radius 3 is 2.86 bits per heavy atom. The maximum absolute atomic E-state index is 11.2. The van der Waals surface area contributed by atoms with Crippen LogP contribution in [0.5, 0.6) is 0 Å². The SMILES string of the molecule is O=C(O)c1ccc2cc3n(c2c1)CC=Nc1ccccc1-3. The lowest BCUT2D eigenvalue weighted by Crippen LogP contribution is -2.01. The highest BCUT2D eigenvalue weighted by atomic mass is 16.4. The van der Waals surface area contributed by atoms with E-state index in [0.717, 1.165) is 27.8 Å². The van der Waals surface area contributed by atoms with Crippen LogP contribution in [0.2, 0.25) is 0 Å². The number of hydrogen-bond donors (Lipinski definition) is 1. The number of carboxylic acids is 1. The average Bonchev–Trinajstić information content (AvgIpc) is 2.75. The van der Waals surface area contributed by atoms with Crippen molar-refractivity contribution >= 4 is 28.8 Å². The minimum Gasteiger partial charge on any atom is -0.478 e. The van der Waals surface area contributed by atoms with Crippen LogP contribution in [0.15, 0.2) is 53.5 Å². The van der Waals surface area contributed by atoms with Crippen molar-refractivity contribution in [2.75, 3.05) is 0 Å². The summed E-state index contributed by atoms with van der Waals surface area (Å²) in [5.41, 5.74) is 4.31. The van der Waals surface area contributed by atoms with E-state index in [4.69, 9.17) is 5.11 Å². The van der Waals surface area contributed by atoms with Crippen molar-refractivity contribution in [3.05, 3.63) is 54.1 Å². The molecule has 0 unspecified atom stereocenters. The fraction of sp³-hybridized carbons (Fsp3) is 0.0588. The molecule has 1 aliphatic rings. The number of benzene rings is 2. The van der Waals surface area contributed by atoms with Crippen molar-refractivity contribution in [3.8, 4) is 11.3 Å². The van der Waals surface area contributed by atoms with E-state index >= 15 is 0 Å². The Bertz CT molecular complexity index is 906. The lowest BCUT2D eigenvalue weighted by molar-refractivity contribution is 0.0697. The number of aromatic nitrogens is 1. The third-order valence-corrected chi connectivity index (χ3v) is 3.83. The van der Waals surface area contributed by atoms with Crippen molar-refractivity contribution in [1.29, 1.82) is 0 Å². The summed E-state index contributed by atoms with van der Waals surface area (Å²) in [6, 6.07) is 15.3. The lowest BCUT2D eigenvalue weighted by atomic mass is 10.1. The van der Waals surface area contributed by atoms with Crippen LogP contribution in [0.3, 0.4) is 0 Å². The van der Waals surface area contributed by atoms with Crippen LogP contribution in [0.25, 0.3) is 22.2 Å². The molecule has 1 N–H and O–H groups in total. The van der Waals surface area contributed by atoms with Crippen molar-refractivity contribution in [1.82, 2.24) is 4.57 Å². The third kappa shape index (κ3) is 1.76. The van der Waals surface area contributed by atoms with Gasteiger partial charge in [-0.3, -0.25) is 4.99 Å². The molecule has 0 atom stereocenters. The molecule has 2 aromatic carbocycles. The van der Waals surface area contributed by atoms with Crippen molar-refractivity contribution in [3.63, 3.8) is 0 Å². The number of aliphatic imine (C=N–C) groups is 1. The standard InChI is InChI=1S/C17H12N2O2/c20-17(21)12-6-5-11-9-16-13-3-1-2-4-14(13)18-7-8-19(16)15(11)10-12/h1-7,9-10H,8H2,(H,20,21). The number of hydrogen-bond acceptors (Lipinski definition) is 2. The largest absolute Gasteiger partial charge is 0.478 e. The van der Waals surface area contributed by atoms with Gasteiger partial charge in [0.1, 0.15) is 0 Å². The Morgan fingerprint density at radius 1 is 1.14 bits per heavy atom. The summed E-state index contributed by atoms with van der Waals surface area (Å²) in [6.45, 7) is 0.636. The number of fused-ring (bicyclic) bond motifs is 5. The summed E-state index contributed by atoms with van der Waals surface area (Å²) in [5, 5.41) is 10.2. The molecular formula is C17H12N2O2. The number of nitrogens with zero attached hydrogens (tertiary/aromatic N) is 2. The summed E-state index contributed by atoms with van der Waals surface area (Å²) in [6.07, 6.45) is 1.86. The van der Waals surface area contributed by atoms with Gasteiger partial charge in [-0.1, -0.05) is 24.3 Å². The van der Waals surface area contributed by atoms with Gasteiger partial charge < -0.3 is 9.67 Å². The molecule has 0 aliphatic carbocycles. The zero-order valence-corrected chi connectivity index (χ0v) is 11.2. The van der Waals surface area contributed by atoms with Crippen molar-refractivity contribution in [2.45, 2.75) is 6.54 Å². The molecule has 0 radical (unpaired) electrons. The van der Waals surface area contributed by atoms with Gasteiger partial charge in [0.05, 0.1) is 23.5 Å². The minimum absolute atomic E-state index is 0.304. The van der Waals surface area contributed by atoms with E-state index in [-0.39, 0.29) is 0 Å². The number of para-hydroxylation sites is 1. The van der Waals surface area contributed by atoms with Crippen LogP contribution in [-0.4, -0.2) is 21.9 Å². The first-order chi connectivity index (χ1) is 10.2. The third-order valence-electron chi connectivity index (χ3n) is 3.83. The molecule has 0 saturated carbocycles. The Labute approximate surface area is 121 Å². The molecule has 21 heavy (non-hydrogen) atoms. The molecule has 4 nitrogen and oxygen atoms in total. The van der Waals surface area contributed by atoms with E-state index in [2.05, 4.69) is 15.6 Å². The van der Waals surface area contributed by atoms with Crippen LogP contribution >= 0.6 is 0 Å². The Morgan fingerprint density at radius 2 is 2.00 bits per heavy atom. The predicted molar refractivity (Wildman–Crippen MR) is 82.5 cm³/mol. The second-order valence-corrected chi connectivity index (χ2v) is 5.05. The zero-order chi connectivity index (χ0) is 14.4. The molecule has 0 saturated heterocycles. The van der Waals surface area contributed by atoms with Crippen LogP contribution < -0.4 is 0 Å². The Kier molecular flexibility index (Phi) is 2.44. The number of carboxylic acid groups (broad SMARTS) is 1. The highest BCUT2D eigenvalue weighted by Crippen LogP contribution is 2.36. The molecule has 1 aromatic heterocycles. The van der Waals surface area contributed by atoms with Gasteiger partial charge in [-0.2, -0.15) is 0 Å². The molecule has 2 heterocycles. The van der Waals surface area contributed by atoms with Gasteiger partial charge >= 0.3 is 5.97 Å². The summed E-state index contributed by atoms with van der Waals surface area (Å²) >= 11 is 0. The number of carbonyl (C=O) groups is 1. The molecule has 4 heteroatoms. The molecule has 0 bridgehead atoms. The molecule has 0 spiro atoms. The fourth-order valence-corrected chi connectivity index (χ4v) is 2.83. The molecule has 0 fully saturated rings. The van der Waals surface area contributed by atoms with Gasteiger partial charge in [0, 0.05) is 22.7 Å². The fourth-order valence-electron chi connectivity index (χ4n) is 2.83. The summed E-state index contributed by atoms with van der Waals surface area (Å²) in [5.74, 6) is -0.907. The van der Waals surface area contributed by atoms with E-state index in [1.165, 1.54) is 0 Å². The Hall–Kier alpha value is -2.88. The molecule has 0 amide bonds. The minimum atomic E-state index is -0.907. The smallest absolute Gasteiger partial charge is 0.335 e. The number of rotatable bonds is 1. The van der Waals surface area contributed by atoms with E-state index in [9.17, 15) is 4.79 Å². The predicted octanol–water partition coefficient (Wildman–Crippen LogP) is 3.72. The Balaban J connectivity index is 2.05. The highest BCUT2D eigenvalue weighted by Gasteiger charge is 2.16. The van der Waals surface area contributed by atoms with E-state index in [1.807, 2.05) is 36.5 Å². The summed E-state index contributed by atoms with van der Waals surface area (Å²) in [4.78, 5) is 15.6. The second kappa shape index (κ2) is 4.31. The van der Waals surface area contributed by atoms with Crippen LogP contribution in [0.1, 0.15) is 10.4 Å². The van der Waals surface area contributed by atoms with Gasteiger partial charge in [-0.05, 0) is 24.3 Å². The van der Waals surface area contributed by atoms with Crippen LogP contribution in [-0.2, 0) is 6.54 Å². The first-order valence-electron chi connectivity index (χ1n) is 6.72. The quantitative estimate of drug-likeness (QED) is 0.736. The van der Waals surface area contributed by atoms with Gasteiger partial charge in [0.25, 0.3) is 0 Å². The monoisotopic (exact) mass is 276 g/mol. The maximum Gasteiger partial charge on any atom is 0.335 e. The summed E-state index contributed by atoms with van der Waals surface area (Å²) < 4.78 is 2.11. The maximum atomic E-state index is 11.2. The first kappa shape index (κ1) is 11.9. The van der Waals surface area contributed by atoms with Crippen molar-refractivity contribution in [2.24, 2.45) is 4.99 Å². The van der Waals surface area contributed by atoms with Crippen LogP contribution in [0, 0.1) is 0 Å². The lowest BCUT2D eigenvalue weighted by Gasteiger charge is -2.07. The van der Waals surface area contributed by atoms with E-state index in [0.29, 0.717) is 12.1 Å². The summed E-state index contributed by atoms with van der Waals surface area (Å²) in [7, 11) is 0. The molecule has 3 aromatic rings. The van der Waals surface area contributed by atoms with Crippen LogP contribution in [0.4, 0.5) is 5.69 Å². The molecule has 4 rings (SSSR count). The topological polar surface area (TPSA) is 54.6 Å². The molecule has 1 aliphatic heterocycles. The second-order valence-electron chi connectivity index (χ2n) is 5.05. The van der Waals surface area contributed by atoms with E-state index in [1.54, 1.807) is 12.1 Å². The van der Waals surface area contributed by atoms with E-state index < -0.39 is 5.97 Å². The van der Waals surface area contributed by atoms with Gasteiger partial charge in [-0.25, -0.2) is 4.79 Å². The number of aromatic carboxylic acids is 1. The molecule has 102 valence electrons. The van der Waals surface area contributed by atoms with Gasteiger partial charge in [0.15, 0.2) is 0 Å². The average molecular weight is 276 g/mol. The highest BCUT2D eigenvalue weighted by molar-refractivity contribution is 5.97. The molecular weight excluding hydrogens is 264 g/mol. The van der Waals surface area contributed by atoms with Gasteiger partial charge in [-0.15, -0.1) is 0 Å². The zero-order valence-electron chi connectivity index (χ0n) is 11.2.